The van der Waals surface area contributed by atoms with Crippen molar-refractivity contribution in [1.29, 1.82) is 0 Å². The van der Waals surface area contributed by atoms with Crippen LogP contribution in [0.1, 0.15) is 50.5 Å². The number of aromatic amines is 1. The smallest absolute Gasteiger partial charge is 0.340 e. The van der Waals surface area contributed by atoms with Crippen LogP contribution in [0.2, 0.25) is 5.02 Å². The zero-order valence-electron chi connectivity index (χ0n) is 19.8. The molecule has 0 aliphatic carbocycles. The summed E-state index contributed by atoms with van der Waals surface area (Å²) in [5, 5.41) is 0.340. The number of amides is 1. The number of benzene rings is 2. The molecule has 3 heterocycles. The Morgan fingerprint density at radius 3 is 2.61 bits per heavy atom. The average molecular weight is 531 g/mol. The average Bonchev–Trinajstić information content (AvgIpc) is 3.49. The van der Waals surface area contributed by atoms with Crippen molar-refractivity contribution in [3.63, 3.8) is 0 Å². The van der Waals surface area contributed by atoms with Gasteiger partial charge in [0.1, 0.15) is 11.5 Å². The normalized spacial score (nSPS) is 16.4. The lowest BCUT2D eigenvalue weighted by Crippen LogP contribution is -2.31. The van der Waals surface area contributed by atoms with Crippen molar-refractivity contribution in [2.45, 2.75) is 39.4 Å². The van der Waals surface area contributed by atoms with Crippen LogP contribution in [0.15, 0.2) is 42.5 Å². The molecule has 186 valence electrons. The molecule has 2 aromatic carbocycles. The number of likely N-dealkylation sites (tertiary alicyclic amines) is 1. The number of thiazole rings is 1. The van der Waals surface area contributed by atoms with Gasteiger partial charge in [-0.2, -0.15) is 13.2 Å². The third-order valence-corrected chi connectivity index (χ3v) is 7.76. The number of imidazole rings is 1. The predicted octanol–water partition coefficient (Wildman–Crippen LogP) is 7.43. The van der Waals surface area contributed by atoms with Gasteiger partial charge in [0.05, 0.1) is 37.5 Å². The van der Waals surface area contributed by atoms with Gasteiger partial charge >= 0.3 is 6.18 Å². The van der Waals surface area contributed by atoms with Crippen LogP contribution in [-0.4, -0.2) is 32.3 Å². The topological polar surface area (TPSA) is 61.9 Å². The molecule has 0 saturated carbocycles. The van der Waals surface area contributed by atoms with Gasteiger partial charge in [0.15, 0.2) is 0 Å². The largest absolute Gasteiger partial charge is 0.417 e. The predicted molar refractivity (Wildman–Crippen MR) is 135 cm³/mol. The molecule has 5 rings (SSSR count). The van der Waals surface area contributed by atoms with E-state index in [0.717, 1.165) is 38.2 Å². The first-order chi connectivity index (χ1) is 16.9. The van der Waals surface area contributed by atoms with Crippen LogP contribution in [0.5, 0.6) is 0 Å². The minimum atomic E-state index is -4.59. The molecule has 36 heavy (non-hydrogen) atoms. The van der Waals surface area contributed by atoms with Crippen molar-refractivity contribution in [3.05, 3.63) is 80.7 Å². The third kappa shape index (κ3) is 4.30. The zero-order valence-corrected chi connectivity index (χ0v) is 21.3. The Hall–Kier alpha value is -3.17. The van der Waals surface area contributed by atoms with E-state index in [2.05, 4.69) is 21.5 Å². The number of nitrogens with zero attached hydrogens (tertiary/aromatic N) is 3. The molecule has 10 heteroatoms. The molecule has 0 radical (unpaired) electrons. The van der Waals surface area contributed by atoms with Crippen molar-refractivity contribution in [3.8, 4) is 10.4 Å². The molecule has 0 spiro atoms. The van der Waals surface area contributed by atoms with Crippen LogP contribution in [-0.2, 0) is 6.18 Å². The highest BCUT2D eigenvalue weighted by Gasteiger charge is 2.38. The van der Waals surface area contributed by atoms with Gasteiger partial charge in [-0.15, -0.1) is 11.3 Å². The minimum Gasteiger partial charge on any atom is -0.340 e. The summed E-state index contributed by atoms with van der Waals surface area (Å²) in [4.78, 5) is 28.2. The zero-order chi connectivity index (χ0) is 25.9. The number of rotatable bonds is 3. The highest BCUT2D eigenvalue weighted by molar-refractivity contribution is 7.15. The number of fused-ring (bicyclic) bond motifs is 1. The minimum absolute atomic E-state index is 0.201. The van der Waals surface area contributed by atoms with Crippen LogP contribution in [0, 0.1) is 20.8 Å². The maximum Gasteiger partial charge on any atom is 0.417 e. The van der Waals surface area contributed by atoms with Crippen molar-refractivity contribution < 1.29 is 18.0 Å². The number of carbonyl (C=O) groups is 1. The van der Waals surface area contributed by atoms with E-state index >= 15 is 0 Å². The summed E-state index contributed by atoms with van der Waals surface area (Å²) >= 11 is 7.33. The Balaban J connectivity index is 1.54. The fraction of sp³-hybridized carbons (Fsp3) is 0.269. The first-order valence-electron chi connectivity index (χ1n) is 11.2. The molecule has 1 saturated heterocycles. The van der Waals surface area contributed by atoms with Crippen LogP contribution < -0.4 is 0 Å². The lowest BCUT2D eigenvalue weighted by atomic mass is 10.0. The molecule has 1 atom stereocenters. The van der Waals surface area contributed by atoms with Crippen molar-refractivity contribution in [2.75, 3.05) is 6.54 Å². The molecular weight excluding hydrogens is 509 g/mol. The number of nitrogens with one attached hydrogen (secondary N) is 1. The summed E-state index contributed by atoms with van der Waals surface area (Å²) in [6.45, 7) is 10.3. The van der Waals surface area contributed by atoms with Crippen molar-refractivity contribution in [1.82, 2.24) is 19.9 Å². The molecule has 1 aliphatic rings. The number of hydrogen-bond donors (Lipinski definition) is 1. The molecule has 1 unspecified atom stereocenters. The SMILES string of the molecule is C=C1CC(c2nc3cc(Cl)c(C(F)(F)F)cc3[nH]2)N(C(=O)c2nc(C)sc2-c2ccc(C)c(C)c2)C1. The lowest BCUT2D eigenvalue weighted by molar-refractivity contribution is -0.137. The van der Waals surface area contributed by atoms with Gasteiger partial charge in [-0.05, 0) is 56.0 Å². The summed E-state index contributed by atoms with van der Waals surface area (Å²) in [7, 11) is 0. The Labute approximate surface area is 214 Å². The second-order valence-corrected chi connectivity index (χ2v) is 10.7. The van der Waals surface area contributed by atoms with Gasteiger partial charge < -0.3 is 9.88 Å². The number of halogens is 4. The first-order valence-corrected chi connectivity index (χ1v) is 12.4. The van der Waals surface area contributed by atoms with Crippen LogP contribution >= 0.6 is 22.9 Å². The van der Waals surface area contributed by atoms with E-state index in [1.807, 2.05) is 39.0 Å². The fourth-order valence-corrected chi connectivity index (χ4v) is 5.64. The number of hydrogen-bond acceptors (Lipinski definition) is 4. The maximum absolute atomic E-state index is 13.8. The lowest BCUT2D eigenvalue weighted by Gasteiger charge is -2.22. The number of alkyl halides is 3. The summed E-state index contributed by atoms with van der Waals surface area (Å²) in [6.07, 6.45) is -4.15. The first kappa shape index (κ1) is 24.5. The van der Waals surface area contributed by atoms with E-state index in [9.17, 15) is 18.0 Å². The second kappa shape index (κ2) is 8.74. The number of aromatic nitrogens is 3. The third-order valence-electron chi connectivity index (χ3n) is 6.43. The summed E-state index contributed by atoms with van der Waals surface area (Å²) < 4.78 is 40.0. The van der Waals surface area contributed by atoms with Crippen molar-refractivity contribution >= 4 is 39.9 Å². The van der Waals surface area contributed by atoms with E-state index in [1.165, 1.54) is 17.4 Å². The Morgan fingerprint density at radius 2 is 1.92 bits per heavy atom. The Morgan fingerprint density at radius 1 is 1.17 bits per heavy atom. The molecule has 1 amide bonds. The molecule has 1 N–H and O–H groups in total. The van der Waals surface area contributed by atoms with E-state index in [0.29, 0.717) is 30.0 Å². The van der Waals surface area contributed by atoms with E-state index < -0.39 is 22.8 Å². The molecule has 0 bridgehead atoms. The van der Waals surface area contributed by atoms with Crippen molar-refractivity contribution in [2.24, 2.45) is 0 Å². The fourth-order valence-electron chi connectivity index (χ4n) is 4.47. The standard InChI is InChI=1S/C26H22ClF3N4OS/c1-12-7-21(24-32-19-9-17(26(28,29)30)18(27)10-20(19)33-24)34(11-12)25(35)22-23(36-15(4)31-22)16-6-5-13(2)14(3)8-16/h5-6,8-10,21H,1,7,11H2,2-4H3,(H,32,33). The summed E-state index contributed by atoms with van der Waals surface area (Å²) in [5.74, 6) is 0.109. The number of carbonyl (C=O) groups excluding carboxylic acids is 1. The van der Waals surface area contributed by atoms with E-state index in [4.69, 9.17) is 11.6 Å². The molecule has 1 aliphatic heterocycles. The summed E-state index contributed by atoms with van der Waals surface area (Å²) in [6, 6.07) is 7.67. The highest BCUT2D eigenvalue weighted by atomic mass is 35.5. The maximum atomic E-state index is 13.8. The Kier molecular flexibility index (Phi) is 5.95. The monoisotopic (exact) mass is 530 g/mol. The number of aryl methyl sites for hydroxylation is 3. The van der Waals surface area contributed by atoms with E-state index in [-0.39, 0.29) is 11.4 Å². The quantitative estimate of drug-likeness (QED) is 0.280. The molecule has 2 aromatic heterocycles. The van der Waals surface area contributed by atoms with Gasteiger partial charge in [-0.25, -0.2) is 9.97 Å². The van der Waals surface area contributed by atoms with Crippen LogP contribution in [0.4, 0.5) is 13.2 Å². The van der Waals surface area contributed by atoms with Crippen LogP contribution in [0.25, 0.3) is 21.5 Å². The van der Waals surface area contributed by atoms with Gasteiger partial charge in [-0.1, -0.05) is 42.0 Å². The number of H-pyrrole nitrogens is 1. The molecular formula is C26H22ClF3N4OS. The molecule has 4 aromatic rings. The Bertz CT molecular complexity index is 1540. The van der Waals surface area contributed by atoms with Gasteiger partial charge in [0.25, 0.3) is 5.91 Å². The molecule has 1 fully saturated rings. The van der Waals surface area contributed by atoms with E-state index in [1.54, 1.807) is 4.90 Å². The molecule has 5 nitrogen and oxygen atoms in total. The van der Waals surface area contributed by atoms with Gasteiger partial charge in [0.2, 0.25) is 0 Å². The van der Waals surface area contributed by atoms with Gasteiger partial charge in [-0.3, -0.25) is 4.79 Å². The van der Waals surface area contributed by atoms with Crippen LogP contribution in [0.3, 0.4) is 0 Å². The van der Waals surface area contributed by atoms with Gasteiger partial charge in [0, 0.05) is 6.54 Å². The summed E-state index contributed by atoms with van der Waals surface area (Å²) in [5.41, 5.74) is 3.92. The second-order valence-electron chi connectivity index (χ2n) is 9.08. The highest BCUT2D eigenvalue weighted by Crippen LogP contribution is 2.40.